The van der Waals surface area contributed by atoms with Gasteiger partial charge < -0.3 is 26.4 Å². The summed E-state index contributed by atoms with van der Waals surface area (Å²) in [4.78, 5) is 41.9. The molecule has 0 radical (unpaired) electrons. The first kappa shape index (κ1) is 18.3. The zero-order valence-corrected chi connectivity index (χ0v) is 15.0. The van der Waals surface area contributed by atoms with Crippen LogP contribution in [0.15, 0.2) is 35.2 Å². The summed E-state index contributed by atoms with van der Waals surface area (Å²) < 4.78 is 0. The molecule has 1 amide bonds. The predicted octanol–water partition coefficient (Wildman–Crippen LogP) is -0.689. The lowest BCUT2D eigenvalue weighted by molar-refractivity contribution is -0.150. The summed E-state index contributed by atoms with van der Waals surface area (Å²) in [6.45, 7) is 0. The number of hydrogen-bond acceptors (Lipinski definition) is 8. The topological polar surface area (TPSA) is 163 Å². The number of amides is 1. The van der Waals surface area contributed by atoms with Crippen LogP contribution in [-0.2, 0) is 20.8 Å². The summed E-state index contributed by atoms with van der Waals surface area (Å²) >= 11 is 0. The molecule has 4 atom stereocenters. The molecule has 0 bridgehead atoms. The predicted molar refractivity (Wildman–Crippen MR) is 95.7 cm³/mol. The minimum atomic E-state index is -2.54. The molecule has 6 N–H and O–H groups in total. The Kier molecular flexibility index (Phi) is 3.91. The van der Waals surface area contributed by atoms with E-state index in [1.165, 1.54) is 7.05 Å². The number of carbonyl (C=O) groups excluding carboxylic acids is 3. The number of ketones is 2. The summed E-state index contributed by atoms with van der Waals surface area (Å²) in [7, 11) is 1.45. The van der Waals surface area contributed by atoms with Crippen molar-refractivity contribution in [1.29, 1.82) is 0 Å². The van der Waals surface area contributed by atoms with E-state index in [0.717, 1.165) is 0 Å². The van der Waals surface area contributed by atoms with Crippen LogP contribution >= 0.6 is 0 Å². The lowest BCUT2D eigenvalue weighted by atomic mass is 9.58. The molecule has 1 aromatic rings. The fourth-order valence-electron chi connectivity index (χ4n) is 4.71. The molecule has 0 aromatic carbocycles. The third-order valence-corrected chi connectivity index (χ3v) is 6.00. The van der Waals surface area contributed by atoms with E-state index in [-0.39, 0.29) is 17.8 Å². The summed E-state index contributed by atoms with van der Waals surface area (Å²) in [5.41, 5.74) is 2.81. The number of aliphatic hydroxyl groups is 3. The van der Waals surface area contributed by atoms with Gasteiger partial charge in [0.15, 0.2) is 11.4 Å². The molecule has 9 heteroatoms. The Balaban J connectivity index is 1.95. The Hall–Kier alpha value is -3.04. The zero-order chi connectivity index (χ0) is 20.4. The number of aliphatic hydroxyl groups excluding tert-OH is 2. The molecule has 0 spiro atoms. The van der Waals surface area contributed by atoms with E-state index in [1.54, 1.807) is 18.3 Å². The van der Waals surface area contributed by atoms with Crippen LogP contribution in [0.3, 0.4) is 0 Å². The Labute approximate surface area is 159 Å². The highest BCUT2D eigenvalue weighted by molar-refractivity contribution is 6.24. The Bertz CT molecular complexity index is 997. The van der Waals surface area contributed by atoms with Gasteiger partial charge in [0, 0.05) is 23.3 Å². The zero-order valence-electron chi connectivity index (χ0n) is 15.0. The molecule has 3 aliphatic carbocycles. The molecular formula is C19H19N3O6. The maximum Gasteiger partial charge on any atom is 0.255 e. The minimum absolute atomic E-state index is 0.0428. The molecule has 3 aliphatic rings. The van der Waals surface area contributed by atoms with Gasteiger partial charge in [-0.2, -0.15) is 0 Å². The van der Waals surface area contributed by atoms with Crippen molar-refractivity contribution in [3.63, 3.8) is 0 Å². The van der Waals surface area contributed by atoms with E-state index in [9.17, 15) is 29.7 Å². The molecule has 1 fully saturated rings. The number of pyridine rings is 1. The maximum absolute atomic E-state index is 13.3. The van der Waals surface area contributed by atoms with Gasteiger partial charge in [0.25, 0.3) is 5.91 Å². The highest BCUT2D eigenvalue weighted by atomic mass is 16.3. The number of rotatable bonds is 2. The lowest BCUT2D eigenvalue weighted by Crippen LogP contribution is -2.65. The maximum atomic E-state index is 13.3. The van der Waals surface area contributed by atoms with Crippen molar-refractivity contribution >= 4 is 23.2 Å². The van der Waals surface area contributed by atoms with Crippen molar-refractivity contribution in [1.82, 2.24) is 10.3 Å². The second-order valence-corrected chi connectivity index (χ2v) is 7.32. The number of nitrogens with one attached hydrogen (secondary N) is 1. The fourth-order valence-corrected chi connectivity index (χ4v) is 4.71. The standard InChI is InChI=1S/C19H19N3O6/c1-21-13-9-5-7-6-10-8(3-2-4-22-10)14(23)11(7)16(25)19(9,28)17(26)12(15(13)24)18(20)27/h2-4,7,9,13,21,23,26,28H,5-6H2,1H3,(H2,20,27)/t7?,9?,13-,19-/m0/s1. The molecule has 1 saturated carbocycles. The highest BCUT2D eigenvalue weighted by Crippen LogP contribution is 2.50. The average molecular weight is 385 g/mol. The number of Topliss-reactive ketones (excluding diaryl/α,β-unsaturated/α-hetero) is 2. The number of hydrogen-bond donors (Lipinski definition) is 5. The molecule has 4 rings (SSSR count). The van der Waals surface area contributed by atoms with Crippen LogP contribution in [0.1, 0.15) is 17.7 Å². The molecule has 0 saturated heterocycles. The van der Waals surface area contributed by atoms with Gasteiger partial charge in [0.1, 0.15) is 17.1 Å². The van der Waals surface area contributed by atoms with Gasteiger partial charge in [0.2, 0.25) is 5.78 Å². The monoisotopic (exact) mass is 385 g/mol. The van der Waals surface area contributed by atoms with E-state index in [4.69, 9.17) is 5.73 Å². The first-order chi connectivity index (χ1) is 13.2. The third-order valence-electron chi connectivity index (χ3n) is 6.00. The number of likely N-dealkylation sites (N-methyl/N-ethyl adjacent to an activating group) is 1. The summed E-state index contributed by atoms with van der Waals surface area (Å²) in [5, 5.41) is 35.2. The van der Waals surface area contributed by atoms with E-state index < -0.39 is 52.3 Å². The van der Waals surface area contributed by atoms with Crippen LogP contribution in [0.25, 0.3) is 5.76 Å². The number of carbonyl (C=O) groups is 3. The SMILES string of the molecule is CN[C@@H]1C(=O)C(C(N)=O)=C(O)[C@@]2(O)C(=O)C3=C(O)c4cccnc4CC3CC12. The van der Waals surface area contributed by atoms with Crippen molar-refractivity contribution in [3.8, 4) is 0 Å². The largest absolute Gasteiger partial charge is 0.508 e. The third kappa shape index (κ3) is 2.14. The molecule has 28 heavy (non-hydrogen) atoms. The number of aromatic nitrogens is 1. The highest BCUT2D eigenvalue weighted by Gasteiger charge is 2.63. The van der Waals surface area contributed by atoms with Crippen LogP contribution in [-0.4, -0.2) is 56.5 Å². The van der Waals surface area contributed by atoms with Gasteiger partial charge in [0.05, 0.1) is 11.7 Å². The van der Waals surface area contributed by atoms with Gasteiger partial charge in [-0.3, -0.25) is 19.4 Å². The average Bonchev–Trinajstić information content (AvgIpc) is 2.65. The Morgan fingerprint density at radius 3 is 2.71 bits per heavy atom. The quantitative estimate of drug-likeness (QED) is 0.418. The van der Waals surface area contributed by atoms with E-state index in [1.807, 2.05) is 0 Å². The molecule has 2 unspecified atom stereocenters. The Morgan fingerprint density at radius 2 is 2.07 bits per heavy atom. The van der Waals surface area contributed by atoms with Crippen molar-refractivity contribution in [2.45, 2.75) is 24.5 Å². The van der Waals surface area contributed by atoms with Crippen molar-refractivity contribution < 1.29 is 29.7 Å². The van der Waals surface area contributed by atoms with Gasteiger partial charge in [-0.05, 0) is 37.9 Å². The van der Waals surface area contributed by atoms with E-state index >= 15 is 0 Å². The molecule has 9 nitrogen and oxygen atoms in total. The summed E-state index contributed by atoms with van der Waals surface area (Å²) in [6, 6.07) is 2.12. The van der Waals surface area contributed by atoms with Crippen LogP contribution in [0.4, 0.5) is 0 Å². The van der Waals surface area contributed by atoms with Crippen LogP contribution in [0.2, 0.25) is 0 Å². The first-order valence-electron chi connectivity index (χ1n) is 8.83. The molecule has 1 aromatic heterocycles. The summed E-state index contributed by atoms with van der Waals surface area (Å²) in [5.74, 6) is -5.85. The normalized spacial score (nSPS) is 32.0. The minimum Gasteiger partial charge on any atom is -0.508 e. The van der Waals surface area contributed by atoms with Gasteiger partial charge in [-0.25, -0.2) is 0 Å². The lowest BCUT2D eigenvalue weighted by Gasteiger charge is -2.48. The fraction of sp³-hybridized carbons (Fsp3) is 0.368. The molecule has 1 heterocycles. The van der Waals surface area contributed by atoms with Crippen molar-refractivity contribution in [3.05, 3.63) is 46.5 Å². The van der Waals surface area contributed by atoms with Crippen molar-refractivity contribution in [2.75, 3.05) is 7.05 Å². The van der Waals surface area contributed by atoms with Crippen LogP contribution < -0.4 is 11.1 Å². The second kappa shape index (κ2) is 5.98. The number of nitrogens with two attached hydrogens (primary N) is 1. The van der Waals surface area contributed by atoms with Crippen LogP contribution in [0, 0.1) is 11.8 Å². The van der Waals surface area contributed by atoms with Gasteiger partial charge in [-0.15, -0.1) is 0 Å². The molecule has 146 valence electrons. The smallest absolute Gasteiger partial charge is 0.255 e. The first-order valence-corrected chi connectivity index (χ1v) is 8.83. The number of primary amides is 1. The molecule has 0 aliphatic heterocycles. The van der Waals surface area contributed by atoms with Crippen molar-refractivity contribution in [2.24, 2.45) is 17.6 Å². The van der Waals surface area contributed by atoms with Crippen LogP contribution in [0.5, 0.6) is 0 Å². The van der Waals surface area contributed by atoms with E-state index in [0.29, 0.717) is 17.7 Å². The van der Waals surface area contributed by atoms with E-state index in [2.05, 4.69) is 10.3 Å². The summed E-state index contributed by atoms with van der Waals surface area (Å²) in [6.07, 6.45) is 2.03. The second-order valence-electron chi connectivity index (χ2n) is 7.32. The van der Waals surface area contributed by atoms with Gasteiger partial charge in [-0.1, -0.05) is 0 Å². The molecular weight excluding hydrogens is 366 g/mol. The number of nitrogens with zero attached hydrogens (tertiary/aromatic N) is 1. The number of fused-ring (bicyclic) bond motifs is 3. The Morgan fingerprint density at radius 1 is 1.36 bits per heavy atom. The van der Waals surface area contributed by atoms with Gasteiger partial charge >= 0.3 is 0 Å².